The topological polar surface area (TPSA) is 73.1 Å². The van der Waals surface area contributed by atoms with Crippen molar-refractivity contribution < 1.29 is 9.90 Å². The monoisotopic (exact) mass is 296 g/mol. The molecule has 0 bridgehead atoms. The van der Waals surface area contributed by atoms with Gasteiger partial charge in [-0.05, 0) is 47.2 Å². The molecule has 2 aromatic rings. The van der Waals surface area contributed by atoms with Gasteiger partial charge in [-0.1, -0.05) is 0 Å². The summed E-state index contributed by atoms with van der Waals surface area (Å²) in [6.45, 7) is 0. The van der Waals surface area contributed by atoms with Crippen LogP contribution in [0.15, 0.2) is 24.3 Å². The Labute approximate surface area is 128 Å². The molecule has 6 heteroatoms. The summed E-state index contributed by atoms with van der Waals surface area (Å²) in [6, 6.07) is 8.45. The van der Waals surface area contributed by atoms with Crippen LogP contribution in [0.25, 0.3) is 11.1 Å². The van der Waals surface area contributed by atoms with Gasteiger partial charge in [0.1, 0.15) is 19.9 Å². The number of hydrogen-bond donors (Lipinski definition) is 2. The van der Waals surface area contributed by atoms with E-state index in [0.29, 0.717) is 22.3 Å². The lowest BCUT2D eigenvalue weighted by atomic mass is 9.95. The van der Waals surface area contributed by atoms with Crippen LogP contribution in [0.1, 0.15) is 22.9 Å². The Bertz CT molecular complexity index is 706. The summed E-state index contributed by atoms with van der Waals surface area (Å²) in [4.78, 5) is 11.6. The number of phenols is 1. The van der Waals surface area contributed by atoms with Gasteiger partial charge in [0, 0.05) is 17.3 Å². The van der Waals surface area contributed by atoms with E-state index in [0.717, 1.165) is 16.7 Å². The number of carbonyl (C=O) groups excluding carboxylic acids is 1. The Morgan fingerprint density at radius 3 is 2.86 bits per heavy atom. The Kier molecular flexibility index (Phi) is 4.79. The van der Waals surface area contributed by atoms with E-state index < -0.39 is 0 Å². The van der Waals surface area contributed by atoms with E-state index in [4.69, 9.17) is 13.1 Å². The highest BCUT2D eigenvalue weighted by molar-refractivity contribution is 7.20. The predicted octanol–water partition coefficient (Wildman–Crippen LogP) is 1.64. The van der Waals surface area contributed by atoms with E-state index in [-0.39, 0.29) is 11.8 Å². The van der Waals surface area contributed by atoms with Crippen LogP contribution in [0.4, 0.5) is 0 Å². The maximum atomic E-state index is 10.7. The Morgan fingerprint density at radius 2 is 2.24 bits per heavy atom. The normalized spacial score (nSPS) is 11.8. The minimum atomic E-state index is -0.0868. The molecular formula is C15H13BN2O2S. The summed E-state index contributed by atoms with van der Waals surface area (Å²) < 4.78 is 0.589. The zero-order chi connectivity index (χ0) is 15.4. The molecule has 0 spiro atoms. The van der Waals surface area contributed by atoms with Crippen molar-refractivity contribution in [1.82, 2.24) is 5.32 Å². The summed E-state index contributed by atoms with van der Waals surface area (Å²) >= 11 is 1.39. The van der Waals surface area contributed by atoms with Gasteiger partial charge in [-0.25, -0.2) is 0 Å². The van der Waals surface area contributed by atoms with Gasteiger partial charge in [-0.2, -0.15) is 16.6 Å². The van der Waals surface area contributed by atoms with Crippen molar-refractivity contribution in [1.29, 1.82) is 5.26 Å². The molecule has 2 N–H and O–H groups in total. The average Bonchev–Trinajstić information content (AvgIpc) is 2.85. The largest absolute Gasteiger partial charge is 0.508 e. The van der Waals surface area contributed by atoms with Gasteiger partial charge in [0.25, 0.3) is 0 Å². The molecule has 0 aliphatic heterocycles. The minimum absolute atomic E-state index is 0.0225. The Hall–Kier alpha value is -2.10. The van der Waals surface area contributed by atoms with Crippen LogP contribution in [0.3, 0.4) is 0 Å². The van der Waals surface area contributed by atoms with E-state index in [9.17, 15) is 9.90 Å². The van der Waals surface area contributed by atoms with E-state index >= 15 is 0 Å². The van der Waals surface area contributed by atoms with Gasteiger partial charge in [0.05, 0.1) is 11.6 Å². The van der Waals surface area contributed by atoms with Gasteiger partial charge >= 0.3 is 0 Å². The smallest absolute Gasteiger partial charge is 0.129 e. The van der Waals surface area contributed by atoms with Crippen molar-refractivity contribution in [3.05, 3.63) is 34.7 Å². The van der Waals surface area contributed by atoms with Crippen LogP contribution < -0.4 is 10.1 Å². The molecule has 104 valence electrons. The van der Waals surface area contributed by atoms with E-state index in [1.54, 1.807) is 19.2 Å². The zero-order valence-electron chi connectivity index (χ0n) is 11.5. The fourth-order valence-corrected chi connectivity index (χ4v) is 3.20. The first-order valence-electron chi connectivity index (χ1n) is 6.33. The third-order valence-electron chi connectivity index (χ3n) is 3.16. The number of hydrogen-bond acceptors (Lipinski definition) is 5. The van der Waals surface area contributed by atoms with Crippen molar-refractivity contribution in [2.75, 3.05) is 7.05 Å². The summed E-state index contributed by atoms with van der Waals surface area (Å²) in [7, 11) is 7.83. The lowest BCUT2D eigenvalue weighted by Crippen LogP contribution is -2.15. The van der Waals surface area contributed by atoms with Crippen molar-refractivity contribution in [3.63, 3.8) is 0 Å². The molecule has 1 unspecified atom stereocenters. The highest BCUT2D eigenvalue weighted by Gasteiger charge is 2.15. The average molecular weight is 296 g/mol. The molecule has 1 heterocycles. The molecule has 0 aliphatic carbocycles. The van der Waals surface area contributed by atoms with Crippen molar-refractivity contribution in [2.24, 2.45) is 0 Å². The minimum Gasteiger partial charge on any atom is -0.508 e. The number of phenolic OH excluding ortho intramolecular Hbond substituents is 1. The fourth-order valence-electron chi connectivity index (χ4n) is 2.13. The molecule has 0 fully saturated rings. The van der Waals surface area contributed by atoms with Gasteiger partial charge in [0.15, 0.2) is 0 Å². The molecule has 0 saturated heterocycles. The van der Waals surface area contributed by atoms with Crippen LogP contribution >= 0.6 is 11.3 Å². The van der Waals surface area contributed by atoms with Gasteiger partial charge < -0.3 is 15.2 Å². The summed E-state index contributed by atoms with van der Waals surface area (Å²) in [6.07, 6.45) is 1.22. The molecule has 1 aromatic heterocycles. The molecule has 1 aromatic carbocycles. The molecule has 1 atom stereocenters. The van der Waals surface area contributed by atoms with Crippen LogP contribution in [-0.2, 0) is 4.79 Å². The Balaban J connectivity index is 2.46. The van der Waals surface area contributed by atoms with Crippen molar-refractivity contribution in [3.8, 4) is 22.9 Å². The molecule has 21 heavy (non-hydrogen) atoms. The third-order valence-corrected chi connectivity index (χ3v) is 4.24. The van der Waals surface area contributed by atoms with Gasteiger partial charge in [0.2, 0.25) is 0 Å². The second-order valence-corrected chi connectivity index (χ2v) is 5.67. The number of rotatable bonds is 5. The van der Waals surface area contributed by atoms with E-state index in [2.05, 4.69) is 5.32 Å². The number of nitrogens with one attached hydrogen (secondary N) is 1. The molecule has 0 aliphatic rings. The highest BCUT2D eigenvalue weighted by atomic mass is 32.1. The number of benzene rings is 1. The predicted molar refractivity (Wildman–Crippen MR) is 84.0 cm³/mol. The summed E-state index contributed by atoms with van der Waals surface area (Å²) in [5, 5.41) is 21.7. The number of aldehydes is 1. The molecule has 4 nitrogen and oxygen atoms in total. The highest BCUT2D eigenvalue weighted by Crippen LogP contribution is 2.30. The molecule has 0 amide bonds. The quantitative estimate of drug-likeness (QED) is 0.650. The number of thiophene rings is 1. The van der Waals surface area contributed by atoms with E-state index in [1.807, 2.05) is 12.1 Å². The van der Waals surface area contributed by atoms with Crippen molar-refractivity contribution >= 4 is 30.2 Å². The van der Waals surface area contributed by atoms with Crippen LogP contribution in [0.5, 0.6) is 5.75 Å². The summed E-state index contributed by atoms with van der Waals surface area (Å²) in [5.41, 5.74) is 1.82. The Morgan fingerprint density at radius 1 is 1.48 bits per heavy atom. The molecule has 2 rings (SSSR count). The second kappa shape index (κ2) is 6.57. The number of nitriles is 1. The summed E-state index contributed by atoms with van der Waals surface area (Å²) in [5.74, 6) is 0.0225. The van der Waals surface area contributed by atoms with Crippen LogP contribution in [-0.4, -0.2) is 26.3 Å². The lowest BCUT2D eigenvalue weighted by molar-refractivity contribution is -0.108. The first-order chi connectivity index (χ1) is 10.1. The van der Waals surface area contributed by atoms with Crippen LogP contribution in [0.2, 0.25) is 0 Å². The van der Waals surface area contributed by atoms with Crippen LogP contribution in [0, 0.1) is 11.3 Å². The number of aromatic hydroxyl groups is 1. The fraction of sp³-hybridized carbons (Fsp3) is 0.200. The molecule has 2 radical (unpaired) electrons. The number of nitrogens with zero attached hydrogens (tertiary/aromatic N) is 1. The van der Waals surface area contributed by atoms with Gasteiger partial charge in [-0.3, -0.25) is 0 Å². The van der Waals surface area contributed by atoms with E-state index in [1.165, 1.54) is 17.4 Å². The second-order valence-electron chi connectivity index (χ2n) is 4.55. The third kappa shape index (κ3) is 3.33. The molecular weight excluding hydrogens is 283 g/mol. The SMILES string of the molecule is [B]c1sc(C(CC=O)NC)cc1-c1cc(O)cc(C#N)c1. The lowest BCUT2D eigenvalue weighted by Gasteiger charge is -2.10. The number of carbonyl (C=O) groups is 1. The standard InChI is InChI=1S/C15H13BN2O2S/c1-18-13(2-3-19)14-7-12(15(16)21-14)10-4-9(8-17)5-11(20)6-10/h3-7,13,18,20H,2H2,1H3. The molecule has 0 saturated carbocycles. The first-order valence-corrected chi connectivity index (χ1v) is 7.15. The zero-order valence-corrected chi connectivity index (χ0v) is 12.3. The van der Waals surface area contributed by atoms with Gasteiger partial charge in [-0.15, -0.1) is 0 Å². The maximum Gasteiger partial charge on any atom is 0.129 e. The van der Waals surface area contributed by atoms with Crippen molar-refractivity contribution in [2.45, 2.75) is 12.5 Å². The maximum absolute atomic E-state index is 10.7. The first kappa shape index (κ1) is 15.3.